The van der Waals surface area contributed by atoms with E-state index in [-0.39, 0.29) is 0 Å². The first-order chi connectivity index (χ1) is 10.7. The molecule has 2 N–H and O–H groups in total. The van der Waals surface area contributed by atoms with E-state index in [0.29, 0.717) is 28.6 Å². The molecule has 1 aliphatic rings. The van der Waals surface area contributed by atoms with Gasteiger partial charge in [-0.15, -0.1) is 31.7 Å². The molecule has 0 bridgehead atoms. The van der Waals surface area contributed by atoms with Crippen LogP contribution in [0.2, 0.25) is 0 Å². The molecule has 0 aliphatic heterocycles. The van der Waals surface area contributed by atoms with Crippen molar-refractivity contribution in [2.24, 2.45) is 0 Å². The average molecular weight is 399 g/mol. The van der Waals surface area contributed by atoms with Gasteiger partial charge in [0.05, 0.1) is 14.4 Å². The number of aromatic nitrogens is 5. The Morgan fingerprint density at radius 3 is 2.91 bits per heavy atom. The molecule has 0 aromatic carbocycles. The third-order valence-electron chi connectivity index (χ3n) is 3.21. The second-order valence-corrected chi connectivity index (χ2v) is 8.28. The number of rotatable bonds is 5. The number of thiophene rings is 1. The molecule has 0 spiro atoms. The lowest BCUT2D eigenvalue weighted by atomic mass is 10.4. The second kappa shape index (κ2) is 5.67. The van der Waals surface area contributed by atoms with Crippen LogP contribution >= 0.6 is 39.0 Å². The molecular formula is C12H11BrN6OS2. The van der Waals surface area contributed by atoms with E-state index in [2.05, 4.69) is 36.3 Å². The van der Waals surface area contributed by atoms with Crippen LogP contribution in [0, 0.1) is 0 Å². The molecule has 1 saturated carbocycles. The van der Waals surface area contributed by atoms with Gasteiger partial charge in [0.15, 0.2) is 5.82 Å². The summed E-state index contributed by atoms with van der Waals surface area (Å²) < 4.78 is 8.25. The van der Waals surface area contributed by atoms with Gasteiger partial charge in [0.1, 0.15) is 0 Å². The summed E-state index contributed by atoms with van der Waals surface area (Å²) in [5.74, 6) is 8.92. The number of thioether (sulfide) groups is 1. The van der Waals surface area contributed by atoms with Crippen molar-refractivity contribution in [1.82, 2.24) is 25.1 Å². The van der Waals surface area contributed by atoms with Crippen LogP contribution in [0.3, 0.4) is 0 Å². The zero-order valence-electron chi connectivity index (χ0n) is 11.3. The first-order valence-electron chi connectivity index (χ1n) is 6.62. The highest BCUT2D eigenvalue weighted by Crippen LogP contribution is 2.39. The molecule has 7 nitrogen and oxygen atoms in total. The molecule has 0 atom stereocenters. The summed E-state index contributed by atoms with van der Waals surface area (Å²) in [6.07, 6.45) is 2.28. The van der Waals surface area contributed by atoms with Crippen molar-refractivity contribution in [3.63, 3.8) is 0 Å². The molecule has 3 heterocycles. The molecule has 22 heavy (non-hydrogen) atoms. The molecule has 4 rings (SSSR count). The SMILES string of the molecule is Nn1c(SCc2nnc(-c3ccc(Br)s3)o2)nnc1C1CC1. The average Bonchev–Trinajstić information content (AvgIpc) is 2.92. The van der Waals surface area contributed by atoms with Gasteiger partial charge in [-0.05, 0) is 40.9 Å². The van der Waals surface area contributed by atoms with Gasteiger partial charge < -0.3 is 10.3 Å². The molecule has 114 valence electrons. The maximum atomic E-state index is 6.01. The Kier molecular flexibility index (Phi) is 3.66. The van der Waals surface area contributed by atoms with E-state index in [1.165, 1.54) is 11.8 Å². The van der Waals surface area contributed by atoms with Crippen molar-refractivity contribution in [3.8, 4) is 10.8 Å². The molecule has 1 aliphatic carbocycles. The predicted molar refractivity (Wildman–Crippen MR) is 87.0 cm³/mol. The fraction of sp³-hybridized carbons (Fsp3) is 0.333. The normalized spacial score (nSPS) is 14.6. The Bertz CT molecular complexity index is 808. The maximum Gasteiger partial charge on any atom is 0.257 e. The van der Waals surface area contributed by atoms with E-state index >= 15 is 0 Å². The van der Waals surface area contributed by atoms with Gasteiger partial charge >= 0.3 is 0 Å². The van der Waals surface area contributed by atoms with Crippen LogP contribution in [0.1, 0.15) is 30.5 Å². The van der Waals surface area contributed by atoms with Gasteiger partial charge in [-0.1, -0.05) is 11.8 Å². The minimum absolute atomic E-state index is 0.471. The molecular weight excluding hydrogens is 388 g/mol. The van der Waals surface area contributed by atoms with Crippen LogP contribution in [0.25, 0.3) is 10.8 Å². The van der Waals surface area contributed by atoms with Crippen LogP contribution in [0.15, 0.2) is 25.5 Å². The van der Waals surface area contributed by atoms with Crippen molar-refractivity contribution in [1.29, 1.82) is 0 Å². The van der Waals surface area contributed by atoms with Gasteiger partial charge in [-0.25, -0.2) is 4.68 Å². The lowest BCUT2D eigenvalue weighted by Crippen LogP contribution is -2.13. The summed E-state index contributed by atoms with van der Waals surface area (Å²) >= 11 is 6.41. The topological polar surface area (TPSA) is 95.7 Å². The lowest BCUT2D eigenvalue weighted by Gasteiger charge is -2.00. The van der Waals surface area contributed by atoms with E-state index < -0.39 is 0 Å². The first-order valence-corrected chi connectivity index (χ1v) is 9.21. The van der Waals surface area contributed by atoms with Crippen LogP contribution in [-0.2, 0) is 5.75 Å². The van der Waals surface area contributed by atoms with Crippen LogP contribution in [-0.4, -0.2) is 25.1 Å². The molecule has 10 heteroatoms. The van der Waals surface area contributed by atoms with Gasteiger partial charge in [-0.2, -0.15) is 0 Å². The number of hydrogen-bond acceptors (Lipinski definition) is 8. The summed E-state index contributed by atoms with van der Waals surface area (Å²) in [5, 5.41) is 17.0. The number of nitrogens with zero attached hydrogens (tertiary/aromatic N) is 5. The molecule has 3 aromatic rings. The van der Waals surface area contributed by atoms with Crippen molar-refractivity contribution < 1.29 is 4.42 Å². The van der Waals surface area contributed by atoms with Crippen molar-refractivity contribution in [2.75, 3.05) is 5.84 Å². The minimum atomic E-state index is 0.471. The maximum absolute atomic E-state index is 6.01. The van der Waals surface area contributed by atoms with Gasteiger partial charge in [0.25, 0.3) is 5.89 Å². The number of halogens is 1. The second-order valence-electron chi connectivity index (χ2n) is 4.88. The van der Waals surface area contributed by atoms with Crippen LogP contribution in [0.4, 0.5) is 0 Å². The Balaban J connectivity index is 1.45. The molecule has 3 aromatic heterocycles. The fourth-order valence-corrected chi connectivity index (χ4v) is 3.98. The Morgan fingerprint density at radius 2 is 2.18 bits per heavy atom. The highest BCUT2D eigenvalue weighted by molar-refractivity contribution is 9.11. The fourth-order valence-electron chi connectivity index (χ4n) is 1.97. The number of nitrogen functional groups attached to an aromatic ring is 1. The molecule has 0 amide bonds. The highest BCUT2D eigenvalue weighted by Gasteiger charge is 2.30. The smallest absolute Gasteiger partial charge is 0.257 e. The van der Waals surface area contributed by atoms with Gasteiger partial charge in [-0.3, -0.25) is 0 Å². The monoisotopic (exact) mass is 398 g/mol. The van der Waals surface area contributed by atoms with E-state index in [1.54, 1.807) is 16.0 Å². The molecule has 0 radical (unpaired) electrons. The zero-order chi connectivity index (χ0) is 15.1. The highest BCUT2D eigenvalue weighted by atomic mass is 79.9. The van der Waals surface area contributed by atoms with Crippen LogP contribution < -0.4 is 5.84 Å². The van der Waals surface area contributed by atoms with Gasteiger partial charge in [0, 0.05) is 5.92 Å². The van der Waals surface area contributed by atoms with E-state index in [4.69, 9.17) is 10.3 Å². The Morgan fingerprint density at radius 1 is 1.32 bits per heavy atom. The van der Waals surface area contributed by atoms with Crippen molar-refractivity contribution in [3.05, 3.63) is 27.6 Å². The zero-order valence-corrected chi connectivity index (χ0v) is 14.5. The summed E-state index contributed by atoms with van der Waals surface area (Å²) in [6.45, 7) is 0. The summed E-state index contributed by atoms with van der Waals surface area (Å²) in [7, 11) is 0. The standard InChI is InChI=1S/C12H11BrN6OS2/c13-8-4-3-7(22-8)11-17-15-9(20-11)5-21-12-18-16-10(19(12)14)6-1-2-6/h3-4,6H,1-2,5,14H2. The minimum Gasteiger partial charge on any atom is -0.419 e. The largest absolute Gasteiger partial charge is 0.419 e. The third-order valence-corrected chi connectivity index (χ3v) is 5.75. The predicted octanol–water partition coefficient (Wildman–Crippen LogP) is 3.04. The summed E-state index contributed by atoms with van der Waals surface area (Å²) in [6, 6.07) is 3.90. The van der Waals surface area contributed by atoms with Gasteiger partial charge in [0.2, 0.25) is 11.0 Å². The van der Waals surface area contributed by atoms with Crippen molar-refractivity contribution >= 4 is 39.0 Å². The van der Waals surface area contributed by atoms with E-state index in [0.717, 1.165) is 27.3 Å². The Labute approximate surface area is 142 Å². The molecule has 0 unspecified atom stereocenters. The Hall–Kier alpha value is -1.39. The number of hydrogen-bond donors (Lipinski definition) is 1. The van der Waals surface area contributed by atoms with E-state index in [9.17, 15) is 0 Å². The number of nitrogens with two attached hydrogens (primary N) is 1. The third kappa shape index (κ3) is 2.77. The lowest BCUT2D eigenvalue weighted by molar-refractivity contribution is 0.529. The first kappa shape index (κ1) is 14.2. The summed E-state index contributed by atoms with van der Waals surface area (Å²) in [5.41, 5.74) is 0. The van der Waals surface area contributed by atoms with Crippen molar-refractivity contribution in [2.45, 2.75) is 29.7 Å². The molecule has 1 fully saturated rings. The van der Waals surface area contributed by atoms with Crippen LogP contribution in [0.5, 0.6) is 0 Å². The van der Waals surface area contributed by atoms with E-state index in [1.807, 2.05) is 12.1 Å². The molecule has 0 saturated heterocycles. The summed E-state index contributed by atoms with van der Waals surface area (Å²) in [4.78, 5) is 0.939. The quantitative estimate of drug-likeness (QED) is 0.520.